The van der Waals surface area contributed by atoms with E-state index in [0.717, 1.165) is 36.4 Å². The summed E-state index contributed by atoms with van der Waals surface area (Å²) in [6.45, 7) is 3.12. The molecule has 0 radical (unpaired) electrons. The van der Waals surface area contributed by atoms with E-state index in [1.165, 1.54) is 0 Å². The van der Waals surface area contributed by atoms with E-state index in [-0.39, 0.29) is 12.1 Å². The molecule has 0 saturated carbocycles. The van der Waals surface area contributed by atoms with Gasteiger partial charge in [-0.25, -0.2) is 4.98 Å². The van der Waals surface area contributed by atoms with E-state index in [4.69, 9.17) is 10.5 Å². The molecular formula is C15H19N3O. The summed E-state index contributed by atoms with van der Waals surface area (Å²) >= 11 is 0. The zero-order valence-electron chi connectivity index (χ0n) is 11.1. The number of ether oxygens (including phenoxy) is 1. The Labute approximate surface area is 113 Å². The third-order valence-electron chi connectivity index (χ3n) is 3.59. The minimum atomic E-state index is -0.000972. The van der Waals surface area contributed by atoms with Crippen molar-refractivity contribution in [2.75, 3.05) is 0 Å². The highest BCUT2D eigenvalue weighted by Crippen LogP contribution is 2.39. The first-order valence-corrected chi connectivity index (χ1v) is 6.80. The lowest BCUT2D eigenvalue weighted by atomic mass is 9.96. The van der Waals surface area contributed by atoms with Gasteiger partial charge in [0.2, 0.25) is 0 Å². The van der Waals surface area contributed by atoms with E-state index in [1.54, 1.807) is 0 Å². The van der Waals surface area contributed by atoms with Crippen molar-refractivity contribution in [1.29, 1.82) is 0 Å². The minimum absolute atomic E-state index is 0.000972. The minimum Gasteiger partial charge on any atom is -0.484 e. The van der Waals surface area contributed by atoms with E-state index < -0.39 is 0 Å². The molecule has 1 unspecified atom stereocenters. The van der Waals surface area contributed by atoms with Gasteiger partial charge in [0, 0.05) is 24.6 Å². The Balaban J connectivity index is 1.90. The van der Waals surface area contributed by atoms with Gasteiger partial charge in [-0.15, -0.1) is 0 Å². The van der Waals surface area contributed by atoms with Crippen LogP contribution in [0.1, 0.15) is 43.2 Å². The monoisotopic (exact) mass is 257 g/mol. The molecule has 0 amide bonds. The van der Waals surface area contributed by atoms with Gasteiger partial charge in [-0.3, -0.25) is 0 Å². The van der Waals surface area contributed by atoms with Gasteiger partial charge >= 0.3 is 0 Å². The van der Waals surface area contributed by atoms with Crippen molar-refractivity contribution in [3.8, 4) is 5.75 Å². The number of rotatable bonds is 3. The quantitative estimate of drug-likeness (QED) is 0.920. The number of imidazole rings is 1. The normalized spacial score (nSPS) is 21.8. The second kappa shape index (κ2) is 5.05. The van der Waals surface area contributed by atoms with Crippen LogP contribution >= 0.6 is 0 Å². The molecule has 2 aromatic rings. The number of fused-ring (bicyclic) bond motifs is 1. The summed E-state index contributed by atoms with van der Waals surface area (Å²) in [5, 5.41) is 0. The highest BCUT2D eigenvalue weighted by Gasteiger charge is 2.28. The Morgan fingerprint density at radius 1 is 1.42 bits per heavy atom. The molecule has 1 aromatic heterocycles. The maximum absolute atomic E-state index is 6.26. The van der Waals surface area contributed by atoms with Crippen molar-refractivity contribution >= 4 is 0 Å². The van der Waals surface area contributed by atoms with Crippen LogP contribution in [0, 0.1) is 0 Å². The molecule has 1 aliphatic heterocycles. The molecule has 2 atom stereocenters. The summed E-state index contributed by atoms with van der Waals surface area (Å²) in [6.07, 6.45) is 5.64. The molecule has 4 nitrogen and oxygen atoms in total. The first kappa shape index (κ1) is 12.2. The van der Waals surface area contributed by atoms with Crippen LogP contribution in [0.3, 0.4) is 0 Å². The molecule has 3 rings (SSSR count). The van der Waals surface area contributed by atoms with Crippen LogP contribution < -0.4 is 10.5 Å². The lowest BCUT2D eigenvalue weighted by Crippen LogP contribution is -2.25. The molecule has 19 heavy (non-hydrogen) atoms. The third-order valence-corrected chi connectivity index (χ3v) is 3.59. The van der Waals surface area contributed by atoms with Crippen molar-refractivity contribution in [3.63, 3.8) is 0 Å². The van der Waals surface area contributed by atoms with Gasteiger partial charge in [-0.1, -0.05) is 25.1 Å². The highest BCUT2D eigenvalue weighted by molar-refractivity contribution is 5.38. The molecule has 0 bridgehead atoms. The molecule has 0 aliphatic carbocycles. The van der Waals surface area contributed by atoms with E-state index in [9.17, 15) is 0 Å². The topological polar surface area (TPSA) is 53.1 Å². The fourth-order valence-corrected chi connectivity index (χ4v) is 2.66. The number of hydrogen-bond acceptors (Lipinski definition) is 3. The van der Waals surface area contributed by atoms with Crippen molar-refractivity contribution in [2.45, 2.75) is 38.5 Å². The molecule has 0 saturated heterocycles. The Morgan fingerprint density at radius 2 is 2.26 bits per heavy atom. The highest BCUT2D eigenvalue weighted by atomic mass is 16.5. The van der Waals surface area contributed by atoms with Crippen molar-refractivity contribution < 1.29 is 4.74 Å². The number of aromatic nitrogens is 2. The fraction of sp³-hybridized carbons (Fsp3) is 0.400. The lowest BCUT2D eigenvalue weighted by Gasteiger charge is -2.30. The Hall–Kier alpha value is -1.81. The molecular weight excluding hydrogens is 238 g/mol. The first-order valence-electron chi connectivity index (χ1n) is 6.80. The lowest BCUT2D eigenvalue weighted by molar-refractivity contribution is 0.153. The molecule has 1 aliphatic rings. The predicted octanol–water partition coefficient (Wildman–Crippen LogP) is 2.82. The smallest absolute Gasteiger partial charge is 0.142 e. The third kappa shape index (κ3) is 2.24. The average molecular weight is 257 g/mol. The van der Waals surface area contributed by atoms with Crippen LogP contribution in [0.2, 0.25) is 0 Å². The first-order chi connectivity index (χ1) is 9.29. The number of benzene rings is 1. The zero-order chi connectivity index (χ0) is 13.2. The average Bonchev–Trinajstić information content (AvgIpc) is 2.87. The van der Waals surface area contributed by atoms with Crippen LogP contribution in [0.5, 0.6) is 5.75 Å². The van der Waals surface area contributed by atoms with Crippen LogP contribution in [0.15, 0.2) is 36.8 Å². The van der Waals surface area contributed by atoms with Gasteiger partial charge in [-0.2, -0.15) is 0 Å². The molecule has 1 aromatic carbocycles. The summed E-state index contributed by atoms with van der Waals surface area (Å²) in [5.41, 5.74) is 8.47. The predicted molar refractivity (Wildman–Crippen MR) is 73.9 cm³/mol. The van der Waals surface area contributed by atoms with Crippen molar-refractivity contribution in [3.05, 3.63) is 48.0 Å². The van der Waals surface area contributed by atoms with Gasteiger partial charge in [-0.05, 0) is 12.5 Å². The standard InChI is InChI=1S/C15H19N3O/c1-2-7-18-10-17-9-13(18)15-8-12(16)11-5-3-4-6-14(11)19-15/h3-6,9-10,12,15H,2,7-8,16H2,1H3/t12-,15?/m1/s1. The molecule has 2 N–H and O–H groups in total. The van der Waals surface area contributed by atoms with Gasteiger partial charge < -0.3 is 15.0 Å². The SMILES string of the molecule is CCCn1cncc1C1C[C@@H](N)c2ccccc2O1. The van der Waals surface area contributed by atoms with Crippen LogP contribution in [0.25, 0.3) is 0 Å². The van der Waals surface area contributed by atoms with Gasteiger partial charge in [0.05, 0.1) is 18.2 Å². The van der Waals surface area contributed by atoms with Gasteiger partial charge in [0.25, 0.3) is 0 Å². The zero-order valence-corrected chi connectivity index (χ0v) is 11.1. The summed E-state index contributed by atoms with van der Waals surface area (Å²) in [5.74, 6) is 0.899. The number of hydrogen-bond donors (Lipinski definition) is 1. The number of para-hydroxylation sites is 1. The van der Waals surface area contributed by atoms with Crippen LogP contribution in [0.4, 0.5) is 0 Å². The Kier molecular flexibility index (Phi) is 3.25. The molecule has 100 valence electrons. The van der Waals surface area contributed by atoms with Gasteiger partial charge in [0.15, 0.2) is 0 Å². The van der Waals surface area contributed by atoms with Crippen molar-refractivity contribution in [1.82, 2.24) is 9.55 Å². The number of aryl methyl sites for hydroxylation is 1. The molecule has 0 fully saturated rings. The van der Waals surface area contributed by atoms with E-state index in [0.29, 0.717) is 0 Å². The second-order valence-electron chi connectivity index (χ2n) is 5.00. The van der Waals surface area contributed by atoms with Crippen LogP contribution in [-0.2, 0) is 6.54 Å². The molecule has 2 heterocycles. The fourth-order valence-electron chi connectivity index (χ4n) is 2.66. The largest absolute Gasteiger partial charge is 0.484 e. The number of nitrogens with two attached hydrogens (primary N) is 1. The maximum Gasteiger partial charge on any atom is 0.142 e. The van der Waals surface area contributed by atoms with Crippen molar-refractivity contribution in [2.24, 2.45) is 5.73 Å². The summed E-state index contributed by atoms with van der Waals surface area (Å²) < 4.78 is 8.25. The van der Waals surface area contributed by atoms with E-state index >= 15 is 0 Å². The van der Waals surface area contributed by atoms with Gasteiger partial charge in [0.1, 0.15) is 11.9 Å². The Morgan fingerprint density at radius 3 is 3.11 bits per heavy atom. The second-order valence-corrected chi connectivity index (χ2v) is 5.00. The summed E-state index contributed by atoms with van der Waals surface area (Å²) in [6, 6.07) is 8.04. The Bertz CT molecular complexity index is 564. The van der Waals surface area contributed by atoms with Crippen LogP contribution in [-0.4, -0.2) is 9.55 Å². The summed E-state index contributed by atoms with van der Waals surface area (Å²) in [4.78, 5) is 4.24. The summed E-state index contributed by atoms with van der Waals surface area (Å²) in [7, 11) is 0. The number of nitrogens with zero attached hydrogens (tertiary/aromatic N) is 2. The van der Waals surface area contributed by atoms with E-state index in [2.05, 4.69) is 16.5 Å². The molecule has 0 spiro atoms. The van der Waals surface area contributed by atoms with E-state index in [1.807, 2.05) is 36.8 Å². The maximum atomic E-state index is 6.26. The molecule has 4 heteroatoms.